The molecule has 1 heterocycles. The molecular weight excluding hydrogens is 378 g/mol. The van der Waals surface area contributed by atoms with Gasteiger partial charge in [0.15, 0.2) is 0 Å². The number of fused-ring (bicyclic) bond motifs is 3. The molecule has 4 atom stereocenters. The number of aliphatic carboxylic acids is 1. The lowest BCUT2D eigenvalue weighted by atomic mass is 9.78. The number of hydrogen-bond donors (Lipinski definition) is 2. The fraction of sp³-hybridized carbons (Fsp3) is 0.667. The summed E-state index contributed by atoms with van der Waals surface area (Å²) >= 11 is 1.45. The molecule has 1 amide bonds. The summed E-state index contributed by atoms with van der Waals surface area (Å²) in [5, 5.41) is 13.1. The van der Waals surface area contributed by atoms with Gasteiger partial charge in [-0.05, 0) is 76.2 Å². The highest BCUT2D eigenvalue weighted by Crippen LogP contribution is 2.53. The first kappa shape index (κ1) is 19.4. The van der Waals surface area contributed by atoms with Crippen LogP contribution in [0.3, 0.4) is 0 Å². The van der Waals surface area contributed by atoms with Crippen molar-refractivity contribution in [1.82, 2.24) is 0 Å². The van der Waals surface area contributed by atoms with E-state index in [-0.39, 0.29) is 23.8 Å². The number of hydrogen-bond acceptors (Lipinski definition) is 5. The van der Waals surface area contributed by atoms with Crippen LogP contribution in [0.25, 0.3) is 0 Å². The Balaban J connectivity index is 1.62. The normalized spacial score (nSPS) is 28.2. The van der Waals surface area contributed by atoms with Crippen LogP contribution in [0.4, 0.5) is 5.00 Å². The lowest BCUT2D eigenvalue weighted by Crippen LogP contribution is -2.38. The summed E-state index contributed by atoms with van der Waals surface area (Å²) < 4.78 is 5.44. The number of nitrogens with one attached hydrogen (secondary N) is 1. The van der Waals surface area contributed by atoms with Crippen LogP contribution < -0.4 is 5.32 Å². The molecule has 0 aromatic carbocycles. The van der Waals surface area contributed by atoms with Gasteiger partial charge in [0.05, 0.1) is 23.5 Å². The van der Waals surface area contributed by atoms with Crippen molar-refractivity contribution in [2.45, 2.75) is 64.9 Å². The minimum Gasteiger partial charge on any atom is -0.481 e. The summed E-state index contributed by atoms with van der Waals surface area (Å²) in [5.74, 6) is -2.42. The standard InChI is InChI=1S/C21H27NO5S/c1-10(2)27-21(26)17-13-5-3-4-6-14(13)28-19(17)22-18(23)15-11-7-8-12(9-11)16(15)20(24)25/h10-12,15-16H,3-9H2,1-2H3,(H,22,23)(H,24,25)/t11-,12-,15+,16+/m0/s1. The molecule has 2 bridgehead atoms. The molecule has 1 aromatic heterocycles. The Bertz CT molecular complexity index is 814. The molecule has 0 spiro atoms. The van der Waals surface area contributed by atoms with Gasteiger partial charge in [0.1, 0.15) is 5.00 Å². The average Bonchev–Trinajstić information content (AvgIpc) is 3.32. The van der Waals surface area contributed by atoms with Gasteiger partial charge in [-0.15, -0.1) is 11.3 Å². The molecular formula is C21H27NO5S. The number of carboxylic acid groups (broad SMARTS) is 1. The van der Waals surface area contributed by atoms with Crippen molar-refractivity contribution in [3.63, 3.8) is 0 Å². The highest BCUT2D eigenvalue weighted by atomic mass is 32.1. The highest BCUT2D eigenvalue weighted by Gasteiger charge is 2.54. The SMILES string of the molecule is CC(C)OC(=O)c1c(NC(=O)[C@@H]2[C@H]3CC[C@@H](C3)[C@H]2C(=O)O)sc2c1CCCC2. The van der Waals surface area contributed by atoms with Gasteiger partial charge < -0.3 is 15.2 Å². The molecule has 0 aliphatic heterocycles. The number of thiophene rings is 1. The largest absolute Gasteiger partial charge is 0.481 e. The summed E-state index contributed by atoms with van der Waals surface area (Å²) in [6, 6.07) is 0. The molecule has 152 valence electrons. The van der Waals surface area contributed by atoms with Crippen LogP contribution in [-0.2, 0) is 27.2 Å². The highest BCUT2D eigenvalue weighted by molar-refractivity contribution is 7.17. The van der Waals surface area contributed by atoms with Gasteiger partial charge in [-0.3, -0.25) is 9.59 Å². The Morgan fingerprint density at radius 3 is 2.46 bits per heavy atom. The average molecular weight is 406 g/mol. The van der Waals surface area contributed by atoms with E-state index in [2.05, 4.69) is 5.32 Å². The summed E-state index contributed by atoms with van der Waals surface area (Å²) in [6.07, 6.45) is 6.20. The number of carbonyl (C=O) groups excluding carboxylic acids is 2. The van der Waals surface area contributed by atoms with Crippen molar-refractivity contribution in [3.8, 4) is 0 Å². The predicted octanol–water partition coefficient (Wildman–Crippen LogP) is 3.88. The fourth-order valence-electron chi connectivity index (χ4n) is 5.36. The molecule has 28 heavy (non-hydrogen) atoms. The summed E-state index contributed by atoms with van der Waals surface area (Å²) in [4.78, 5) is 38.8. The third-order valence-electron chi connectivity index (χ3n) is 6.46. The number of rotatable bonds is 5. The lowest BCUT2D eigenvalue weighted by Gasteiger charge is -2.27. The van der Waals surface area contributed by atoms with E-state index in [1.807, 2.05) is 13.8 Å². The molecule has 3 aliphatic rings. The second-order valence-corrected chi connectivity index (χ2v) is 9.69. The summed E-state index contributed by atoms with van der Waals surface area (Å²) in [5.41, 5.74) is 1.48. The van der Waals surface area contributed by atoms with Gasteiger partial charge in [0.25, 0.3) is 0 Å². The van der Waals surface area contributed by atoms with Crippen LogP contribution in [0.2, 0.25) is 0 Å². The minimum absolute atomic E-state index is 0.0974. The van der Waals surface area contributed by atoms with E-state index in [9.17, 15) is 19.5 Å². The van der Waals surface area contributed by atoms with E-state index in [1.165, 1.54) is 11.3 Å². The van der Waals surface area contributed by atoms with Gasteiger partial charge in [0.2, 0.25) is 5.91 Å². The second kappa shape index (κ2) is 7.50. The Morgan fingerprint density at radius 1 is 1.11 bits per heavy atom. The smallest absolute Gasteiger partial charge is 0.341 e. The first-order valence-corrected chi connectivity index (χ1v) is 11.1. The van der Waals surface area contributed by atoms with Crippen molar-refractivity contribution < 1.29 is 24.2 Å². The number of amides is 1. The minimum atomic E-state index is -0.878. The van der Waals surface area contributed by atoms with Gasteiger partial charge in [-0.1, -0.05) is 0 Å². The van der Waals surface area contributed by atoms with Gasteiger partial charge in [-0.25, -0.2) is 4.79 Å². The van der Waals surface area contributed by atoms with E-state index >= 15 is 0 Å². The quantitative estimate of drug-likeness (QED) is 0.725. The molecule has 1 aromatic rings. The molecule has 4 rings (SSSR count). The fourth-order valence-corrected chi connectivity index (χ4v) is 6.64. The Labute approximate surface area is 168 Å². The topological polar surface area (TPSA) is 92.7 Å². The maximum absolute atomic E-state index is 13.1. The van der Waals surface area contributed by atoms with E-state index < -0.39 is 23.8 Å². The molecule has 0 unspecified atom stereocenters. The molecule has 7 heteroatoms. The predicted molar refractivity (Wildman–Crippen MR) is 106 cm³/mol. The first-order valence-electron chi connectivity index (χ1n) is 10.3. The second-order valence-electron chi connectivity index (χ2n) is 8.58. The maximum atomic E-state index is 13.1. The van der Waals surface area contributed by atoms with Crippen molar-refractivity contribution in [2.24, 2.45) is 23.7 Å². The van der Waals surface area contributed by atoms with E-state index in [0.717, 1.165) is 55.4 Å². The van der Waals surface area contributed by atoms with Crippen LogP contribution in [0.1, 0.15) is 66.8 Å². The van der Waals surface area contributed by atoms with Crippen LogP contribution in [0.5, 0.6) is 0 Å². The number of carboxylic acids is 1. The van der Waals surface area contributed by atoms with Crippen molar-refractivity contribution >= 4 is 34.2 Å². The number of esters is 1. The van der Waals surface area contributed by atoms with Gasteiger partial charge in [0, 0.05) is 4.88 Å². The lowest BCUT2D eigenvalue weighted by molar-refractivity contribution is -0.148. The number of anilines is 1. The van der Waals surface area contributed by atoms with Crippen LogP contribution in [0, 0.1) is 23.7 Å². The number of ether oxygens (including phenoxy) is 1. The zero-order chi connectivity index (χ0) is 20.0. The third kappa shape index (κ3) is 3.34. The molecule has 3 aliphatic carbocycles. The van der Waals surface area contributed by atoms with Crippen molar-refractivity contribution in [3.05, 3.63) is 16.0 Å². The summed E-state index contributed by atoms with van der Waals surface area (Å²) in [6.45, 7) is 3.61. The molecule has 0 radical (unpaired) electrons. The molecule has 2 saturated carbocycles. The Kier molecular flexibility index (Phi) is 5.21. The zero-order valence-corrected chi connectivity index (χ0v) is 17.1. The van der Waals surface area contributed by atoms with Gasteiger partial charge >= 0.3 is 11.9 Å². The zero-order valence-electron chi connectivity index (χ0n) is 16.3. The van der Waals surface area contributed by atoms with E-state index in [0.29, 0.717) is 10.6 Å². The van der Waals surface area contributed by atoms with E-state index in [1.54, 1.807) is 0 Å². The van der Waals surface area contributed by atoms with Gasteiger partial charge in [-0.2, -0.15) is 0 Å². The van der Waals surface area contributed by atoms with Crippen LogP contribution in [-0.4, -0.2) is 29.1 Å². The molecule has 0 saturated heterocycles. The third-order valence-corrected chi connectivity index (χ3v) is 7.67. The monoisotopic (exact) mass is 405 g/mol. The Hall–Kier alpha value is -1.89. The number of carbonyl (C=O) groups is 3. The molecule has 2 fully saturated rings. The Morgan fingerprint density at radius 2 is 1.79 bits per heavy atom. The summed E-state index contributed by atoms with van der Waals surface area (Å²) in [7, 11) is 0. The first-order chi connectivity index (χ1) is 13.4. The number of aryl methyl sites for hydroxylation is 1. The van der Waals surface area contributed by atoms with Crippen LogP contribution in [0.15, 0.2) is 0 Å². The molecule has 6 nitrogen and oxygen atoms in total. The van der Waals surface area contributed by atoms with Crippen molar-refractivity contribution in [2.75, 3.05) is 5.32 Å². The van der Waals surface area contributed by atoms with Crippen molar-refractivity contribution in [1.29, 1.82) is 0 Å². The van der Waals surface area contributed by atoms with E-state index in [4.69, 9.17) is 4.74 Å². The molecule has 2 N–H and O–H groups in total. The van der Waals surface area contributed by atoms with Crippen LogP contribution >= 0.6 is 11.3 Å². The maximum Gasteiger partial charge on any atom is 0.341 e.